The molecule has 0 spiro atoms. The van der Waals surface area contributed by atoms with E-state index in [0.29, 0.717) is 12.2 Å². The zero-order valence-corrected chi connectivity index (χ0v) is 19.9. The van der Waals surface area contributed by atoms with Gasteiger partial charge in [0.15, 0.2) is 5.96 Å². The SMILES string of the molecule is CCNC(=NCC(C)(C)NC(C)c1ccccc1)N1CCC(OCC2CCCO2)CC1. The number of nitrogens with zero attached hydrogens (tertiary/aromatic N) is 2. The number of hydrogen-bond acceptors (Lipinski definition) is 4. The van der Waals surface area contributed by atoms with Crippen LogP contribution in [0, 0.1) is 0 Å². The fraction of sp³-hybridized carbons (Fsp3) is 0.720. The zero-order chi connectivity index (χ0) is 22.1. The van der Waals surface area contributed by atoms with Gasteiger partial charge in [0.05, 0.1) is 25.4 Å². The summed E-state index contributed by atoms with van der Waals surface area (Å²) < 4.78 is 11.8. The van der Waals surface area contributed by atoms with Crippen LogP contribution in [0.3, 0.4) is 0 Å². The first-order valence-corrected chi connectivity index (χ1v) is 12.1. The number of piperidine rings is 1. The molecule has 2 aliphatic heterocycles. The highest BCUT2D eigenvalue weighted by Gasteiger charge is 2.25. The lowest BCUT2D eigenvalue weighted by Crippen LogP contribution is -2.49. The normalized spacial score (nSPS) is 22.0. The second kappa shape index (κ2) is 11.8. The van der Waals surface area contributed by atoms with Gasteiger partial charge in [-0.1, -0.05) is 30.3 Å². The van der Waals surface area contributed by atoms with E-state index in [2.05, 4.69) is 73.6 Å². The van der Waals surface area contributed by atoms with Crippen molar-refractivity contribution in [2.24, 2.45) is 4.99 Å². The summed E-state index contributed by atoms with van der Waals surface area (Å²) in [6, 6.07) is 10.9. The van der Waals surface area contributed by atoms with Crippen LogP contribution in [0.1, 0.15) is 65.0 Å². The minimum atomic E-state index is -0.0986. The van der Waals surface area contributed by atoms with Crippen LogP contribution in [-0.2, 0) is 9.47 Å². The molecule has 2 heterocycles. The summed E-state index contributed by atoms with van der Waals surface area (Å²) in [5.74, 6) is 1.02. The van der Waals surface area contributed by atoms with E-state index in [1.54, 1.807) is 0 Å². The molecule has 2 N–H and O–H groups in total. The highest BCUT2D eigenvalue weighted by atomic mass is 16.5. The van der Waals surface area contributed by atoms with Crippen molar-refractivity contribution >= 4 is 5.96 Å². The number of rotatable bonds is 9. The Kier molecular flexibility index (Phi) is 9.17. The summed E-state index contributed by atoms with van der Waals surface area (Å²) in [5, 5.41) is 7.23. The van der Waals surface area contributed by atoms with Crippen LogP contribution >= 0.6 is 0 Å². The topological polar surface area (TPSA) is 58.1 Å². The van der Waals surface area contributed by atoms with Crippen molar-refractivity contribution in [1.29, 1.82) is 0 Å². The van der Waals surface area contributed by atoms with Crippen LogP contribution in [-0.4, -0.2) is 68.0 Å². The highest BCUT2D eigenvalue weighted by Crippen LogP contribution is 2.19. The van der Waals surface area contributed by atoms with Crippen LogP contribution in [0.15, 0.2) is 35.3 Å². The van der Waals surface area contributed by atoms with Gasteiger partial charge >= 0.3 is 0 Å². The molecule has 6 heteroatoms. The van der Waals surface area contributed by atoms with Crippen LogP contribution < -0.4 is 10.6 Å². The fourth-order valence-corrected chi connectivity index (χ4v) is 4.41. The summed E-state index contributed by atoms with van der Waals surface area (Å²) in [7, 11) is 0. The molecule has 0 radical (unpaired) electrons. The molecule has 0 bridgehead atoms. The van der Waals surface area contributed by atoms with Gasteiger partial charge in [-0.2, -0.15) is 0 Å². The molecular weight excluding hydrogens is 388 g/mol. The van der Waals surface area contributed by atoms with Gasteiger partial charge in [-0.3, -0.25) is 4.99 Å². The lowest BCUT2D eigenvalue weighted by atomic mass is 10.0. The summed E-state index contributed by atoms with van der Waals surface area (Å²) in [5.41, 5.74) is 1.20. The molecule has 2 saturated heterocycles. The van der Waals surface area contributed by atoms with Gasteiger partial charge < -0.3 is 25.0 Å². The first-order chi connectivity index (χ1) is 15.0. The second-order valence-electron chi connectivity index (χ2n) is 9.49. The lowest BCUT2D eigenvalue weighted by molar-refractivity contribution is -0.0367. The maximum atomic E-state index is 6.13. The van der Waals surface area contributed by atoms with Crippen molar-refractivity contribution in [3.63, 3.8) is 0 Å². The van der Waals surface area contributed by atoms with E-state index in [0.717, 1.165) is 64.6 Å². The molecule has 1 aromatic rings. The van der Waals surface area contributed by atoms with Crippen molar-refractivity contribution in [1.82, 2.24) is 15.5 Å². The molecular formula is C25H42N4O2. The van der Waals surface area contributed by atoms with E-state index in [9.17, 15) is 0 Å². The molecule has 0 aromatic heterocycles. The molecule has 3 rings (SSSR count). The molecule has 2 atom stereocenters. The molecule has 1 aromatic carbocycles. The van der Waals surface area contributed by atoms with E-state index in [1.807, 2.05) is 0 Å². The van der Waals surface area contributed by atoms with E-state index < -0.39 is 0 Å². The molecule has 31 heavy (non-hydrogen) atoms. The van der Waals surface area contributed by atoms with E-state index in [1.165, 1.54) is 12.0 Å². The summed E-state index contributed by atoms with van der Waals surface area (Å²) in [6.45, 7) is 14.0. The third kappa shape index (κ3) is 7.78. The van der Waals surface area contributed by atoms with Crippen LogP contribution in [0.5, 0.6) is 0 Å². The predicted molar refractivity (Wildman–Crippen MR) is 128 cm³/mol. The third-order valence-corrected chi connectivity index (χ3v) is 6.15. The van der Waals surface area contributed by atoms with E-state index >= 15 is 0 Å². The van der Waals surface area contributed by atoms with Crippen molar-refractivity contribution in [3.05, 3.63) is 35.9 Å². The van der Waals surface area contributed by atoms with Crippen LogP contribution in [0.2, 0.25) is 0 Å². The van der Waals surface area contributed by atoms with Crippen LogP contribution in [0.4, 0.5) is 0 Å². The Morgan fingerprint density at radius 1 is 1.23 bits per heavy atom. The number of hydrogen-bond donors (Lipinski definition) is 2. The van der Waals surface area contributed by atoms with Gasteiger partial charge in [0, 0.05) is 37.8 Å². The number of guanidine groups is 1. The molecule has 0 aliphatic carbocycles. The van der Waals surface area contributed by atoms with Crippen molar-refractivity contribution in [3.8, 4) is 0 Å². The lowest BCUT2D eigenvalue weighted by Gasteiger charge is -2.35. The molecule has 2 unspecified atom stereocenters. The molecule has 0 amide bonds. The van der Waals surface area contributed by atoms with Gasteiger partial charge in [-0.05, 0) is 58.9 Å². The average molecular weight is 431 g/mol. The largest absolute Gasteiger partial charge is 0.376 e. The van der Waals surface area contributed by atoms with Crippen molar-refractivity contribution in [2.45, 2.75) is 77.2 Å². The monoisotopic (exact) mass is 430 g/mol. The molecule has 2 aliphatic rings. The zero-order valence-electron chi connectivity index (χ0n) is 19.9. The Hall–Kier alpha value is -1.63. The maximum Gasteiger partial charge on any atom is 0.193 e. The number of ether oxygens (including phenoxy) is 2. The maximum absolute atomic E-state index is 6.13. The Morgan fingerprint density at radius 2 is 1.97 bits per heavy atom. The molecule has 2 fully saturated rings. The fourth-order valence-electron chi connectivity index (χ4n) is 4.41. The molecule has 174 valence electrons. The molecule has 0 saturated carbocycles. The van der Waals surface area contributed by atoms with E-state index in [4.69, 9.17) is 14.5 Å². The van der Waals surface area contributed by atoms with Crippen molar-refractivity contribution in [2.75, 3.05) is 39.4 Å². The minimum Gasteiger partial charge on any atom is -0.376 e. The number of nitrogens with one attached hydrogen (secondary N) is 2. The van der Waals surface area contributed by atoms with Gasteiger partial charge in [-0.25, -0.2) is 0 Å². The highest BCUT2D eigenvalue weighted by molar-refractivity contribution is 5.80. The Labute approximate surface area is 188 Å². The van der Waals surface area contributed by atoms with Gasteiger partial charge in [-0.15, -0.1) is 0 Å². The van der Waals surface area contributed by atoms with Crippen molar-refractivity contribution < 1.29 is 9.47 Å². The summed E-state index contributed by atoms with van der Waals surface area (Å²) in [6.07, 6.45) is 5.05. The Bertz CT molecular complexity index is 665. The van der Waals surface area contributed by atoms with Gasteiger partial charge in [0.2, 0.25) is 0 Å². The Morgan fingerprint density at radius 3 is 2.61 bits per heavy atom. The number of benzene rings is 1. The second-order valence-corrected chi connectivity index (χ2v) is 9.49. The quantitative estimate of drug-likeness (QED) is 0.462. The molecule has 6 nitrogen and oxygen atoms in total. The van der Waals surface area contributed by atoms with Gasteiger partial charge in [0.1, 0.15) is 0 Å². The third-order valence-electron chi connectivity index (χ3n) is 6.15. The minimum absolute atomic E-state index is 0.0986. The Balaban J connectivity index is 1.48. The first-order valence-electron chi connectivity index (χ1n) is 12.1. The average Bonchev–Trinajstić information content (AvgIpc) is 3.30. The summed E-state index contributed by atoms with van der Waals surface area (Å²) in [4.78, 5) is 7.38. The van der Waals surface area contributed by atoms with Crippen LogP contribution in [0.25, 0.3) is 0 Å². The number of likely N-dealkylation sites (tertiary alicyclic amines) is 1. The first kappa shape index (κ1) is 24.0. The van der Waals surface area contributed by atoms with Gasteiger partial charge in [0.25, 0.3) is 0 Å². The smallest absolute Gasteiger partial charge is 0.193 e. The summed E-state index contributed by atoms with van der Waals surface area (Å²) >= 11 is 0. The standard InChI is InChI=1S/C25H42N4O2/c1-5-26-24(27-19-25(3,4)28-20(2)21-10-7-6-8-11-21)29-15-13-22(14-16-29)31-18-23-12-9-17-30-23/h6-8,10-11,20,22-23,28H,5,9,12-19H2,1-4H3,(H,26,27). The predicted octanol–water partition coefficient (Wildman–Crippen LogP) is 3.74. The number of aliphatic imine (C=N–C) groups is 1. The van der Waals surface area contributed by atoms with E-state index in [-0.39, 0.29) is 11.6 Å².